The average Bonchev–Trinajstić information content (AvgIpc) is 2.40. The molecule has 5 nitrogen and oxygen atoms in total. The van der Waals surface area contributed by atoms with Gasteiger partial charge in [0.25, 0.3) is 0 Å². The van der Waals surface area contributed by atoms with Crippen molar-refractivity contribution in [1.82, 2.24) is 4.90 Å². The van der Waals surface area contributed by atoms with Gasteiger partial charge in [-0.05, 0) is 5.56 Å². The molecule has 1 aliphatic rings. The topological polar surface area (TPSA) is 66.8 Å². The minimum Gasteiger partial charge on any atom is -0.480 e. The van der Waals surface area contributed by atoms with E-state index >= 15 is 0 Å². The number of ether oxygens (including phenoxy) is 1. The third kappa shape index (κ3) is 2.87. The van der Waals surface area contributed by atoms with Gasteiger partial charge in [0.15, 0.2) is 6.04 Å². The molecule has 1 aromatic carbocycles. The summed E-state index contributed by atoms with van der Waals surface area (Å²) >= 11 is 0. The number of hydrogen-bond donors (Lipinski definition) is 1. The molecule has 0 aromatic heterocycles. The molecule has 1 fully saturated rings. The van der Waals surface area contributed by atoms with Gasteiger partial charge in [-0.2, -0.15) is 0 Å². The molecule has 0 spiro atoms. The van der Waals surface area contributed by atoms with Gasteiger partial charge in [0, 0.05) is 6.54 Å². The number of carboxylic acid groups (broad SMARTS) is 1. The predicted molar refractivity (Wildman–Crippen MR) is 64.1 cm³/mol. The van der Waals surface area contributed by atoms with Gasteiger partial charge >= 0.3 is 5.97 Å². The van der Waals surface area contributed by atoms with Crippen LogP contribution in [-0.4, -0.2) is 47.7 Å². The van der Waals surface area contributed by atoms with Crippen molar-refractivity contribution in [2.45, 2.75) is 12.5 Å². The Labute approximate surface area is 105 Å². The van der Waals surface area contributed by atoms with E-state index in [1.54, 1.807) is 0 Å². The molecule has 1 saturated heterocycles. The third-order valence-corrected chi connectivity index (χ3v) is 2.93. The van der Waals surface area contributed by atoms with E-state index in [1.807, 2.05) is 30.3 Å². The van der Waals surface area contributed by atoms with Crippen LogP contribution in [0.25, 0.3) is 0 Å². The SMILES string of the molecule is O=C(O)[C@H]1COCCN1C(=O)Cc1ccccc1. The van der Waals surface area contributed by atoms with Crippen LogP contribution in [0.5, 0.6) is 0 Å². The number of hydrogen-bond acceptors (Lipinski definition) is 3. The van der Waals surface area contributed by atoms with Crippen LogP contribution >= 0.6 is 0 Å². The van der Waals surface area contributed by atoms with E-state index in [2.05, 4.69) is 0 Å². The lowest BCUT2D eigenvalue weighted by Crippen LogP contribution is -2.53. The van der Waals surface area contributed by atoms with Gasteiger partial charge in [-0.25, -0.2) is 4.79 Å². The molecule has 1 amide bonds. The van der Waals surface area contributed by atoms with Crippen LogP contribution in [0.3, 0.4) is 0 Å². The summed E-state index contributed by atoms with van der Waals surface area (Å²) in [6.45, 7) is 0.794. The zero-order valence-electron chi connectivity index (χ0n) is 9.91. The highest BCUT2D eigenvalue weighted by molar-refractivity contribution is 5.85. The number of benzene rings is 1. The molecular weight excluding hydrogens is 234 g/mol. The maximum atomic E-state index is 12.1. The first-order valence-electron chi connectivity index (χ1n) is 5.82. The Morgan fingerprint density at radius 2 is 2.06 bits per heavy atom. The summed E-state index contributed by atoms with van der Waals surface area (Å²) in [5, 5.41) is 9.05. The third-order valence-electron chi connectivity index (χ3n) is 2.93. The van der Waals surface area contributed by atoms with Crippen molar-refractivity contribution < 1.29 is 19.4 Å². The van der Waals surface area contributed by atoms with Gasteiger partial charge in [-0.1, -0.05) is 30.3 Å². The Morgan fingerprint density at radius 3 is 2.72 bits per heavy atom. The number of morpholine rings is 1. The molecular formula is C13H15NO4. The molecule has 0 unspecified atom stereocenters. The molecule has 1 aromatic rings. The quantitative estimate of drug-likeness (QED) is 0.849. The van der Waals surface area contributed by atoms with Gasteiger partial charge in [-0.15, -0.1) is 0 Å². The molecule has 18 heavy (non-hydrogen) atoms. The van der Waals surface area contributed by atoms with E-state index in [9.17, 15) is 9.59 Å². The maximum Gasteiger partial charge on any atom is 0.328 e. The van der Waals surface area contributed by atoms with E-state index in [-0.39, 0.29) is 18.9 Å². The standard InChI is InChI=1S/C13H15NO4/c15-12(8-10-4-2-1-3-5-10)14-6-7-18-9-11(14)13(16)17/h1-5,11H,6-9H2,(H,16,17)/t11-/m1/s1. The molecule has 96 valence electrons. The van der Waals surface area contributed by atoms with Crippen LogP contribution in [0.2, 0.25) is 0 Å². The Morgan fingerprint density at radius 1 is 1.33 bits per heavy atom. The fourth-order valence-corrected chi connectivity index (χ4v) is 1.98. The molecule has 1 aliphatic heterocycles. The van der Waals surface area contributed by atoms with Crippen molar-refractivity contribution in [3.8, 4) is 0 Å². The van der Waals surface area contributed by atoms with Gasteiger partial charge in [0.2, 0.25) is 5.91 Å². The maximum absolute atomic E-state index is 12.1. The minimum absolute atomic E-state index is 0.0653. The first-order valence-corrected chi connectivity index (χ1v) is 5.82. The first kappa shape index (κ1) is 12.6. The second-order valence-electron chi connectivity index (χ2n) is 4.18. The normalized spacial score (nSPS) is 19.6. The second-order valence-corrected chi connectivity index (χ2v) is 4.18. The lowest BCUT2D eigenvalue weighted by atomic mass is 10.1. The Hall–Kier alpha value is -1.88. The van der Waals surface area contributed by atoms with E-state index < -0.39 is 12.0 Å². The molecule has 0 bridgehead atoms. The lowest BCUT2D eigenvalue weighted by Gasteiger charge is -2.32. The number of nitrogens with zero attached hydrogens (tertiary/aromatic N) is 1. The molecule has 0 radical (unpaired) electrons. The van der Waals surface area contributed by atoms with Crippen molar-refractivity contribution in [3.63, 3.8) is 0 Å². The minimum atomic E-state index is -1.02. The molecule has 5 heteroatoms. The molecule has 2 rings (SSSR count). The van der Waals surface area contributed by atoms with Gasteiger partial charge < -0.3 is 14.7 Å². The van der Waals surface area contributed by atoms with Gasteiger partial charge in [-0.3, -0.25) is 4.79 Å². The number of aliphatic carboxylic acids is 1. The summed E-state index contributed by atoms with van der Waals surface area (Å²) in [4.78, 5) is 24.5. The van der Waals surface area contributed by atoms with E-state index in [4.69, 9.17) is 9.84 Å². The molecule has 0 aliphatic carbocycles. The molecule has 1 N–H and O–H groups in total. The zero-order chi connectivity index (χ0) is 13.0. The molecule has 0 saturated carbocycles. The number of carbonyl (C=O) groups is 2. The van der Waals surface area contributed by atoms with Crippen LogP contribution in [0.15, 0.2) is 30.3 Å². The number of amides is 1. The smallest absolute Gasteiger partial charge is 0.328 e. The highest BCUT2D eigenvalue weighted by atomic mass is 16.5. The van der Waals surface area contributed by atoms with Crippen molar-refractivity contribution >= 4 is 11.9 Å². The van der Waals surface area contributed by atoms with Crippen LogP contribution in [0.1, 0.15) is 5.56 Å². The fourth-order valence-electron chi connectivity index (χ4n) is 1.98. The Bertz CT molecular complexity index is 432. The van der Waals surface area contributed by atoms with Crippen molar-refractivity contribution in [2.75, 3.05) is 19.8 Å². The van der Waals surface area contributed by atoms with Gasteiger partial charge in [0.05, 0.1) is 19.6 Å². The number of carbonyl (C=O) groups excluding carboxylic acids is 1. The van der Waals surface area contributed by atoms with E-state index in [1.165, 1.54) is 4.90 Å². The molecule has 1 heterocycles. The Kier molecular flexibility index (Phi) is 3.94. The fraction of sp³-hybridized carbons (Fsp3) is 0.385. The van der Waals surface area contributed by atoms with Crippen LogP contribution < -0.4 is 0 Å². The summed E-state index contributed by atoms with van der Waals surface area (Å²) in [5.41, 5.74) is 0.887. The van der Waals surface area contributed by atoms with E-state index in [0.717, 1.165) is 5.56 Å². The summed E-state index contributed by atoms with van der Waals surface area (Å²) in [6, 6.07) is 8.44. The second kappa shape index (κ2) is 5.64. The summed E-state index contributed by atoms with van der Waals surface area (Å²) < 4.78 is 5.10. The Balaban J connectivity index is 2.05. The van der Waals surface area contributed by atoms with Crippen molar-refractivity contribution in [2.24, 2.45) is 0 Å². The van der Waals surface area contributed by atoms with E-state index in [0.29, 0.717) is 13.2 Å². The predicted octanol–water partition coefficient (Wildman–Crippen LogP) is 0.541. The number of rotatable bonds is 3. The highest BCUT2D eigenvalue weighted by Crippen LogP contribution is 2.10. The van der Waals surface area contributed by atoms with Crippen molar-refractivity contribution in [3.05, 3.63) is 35.9 Å². The number of carboxylic acids is 1. The van der Waals surface area contributed by atoms with Crippen molar-refractivity contribution in [1.29, 1.82) is 0 Å². The summed E-state index contributed by atoms with van der Waals surface area (Å²) in [6.07, 6.45) is 0.227. The summed E-state index contributed by atoms with van der Waals surface area (Å²) in [5.74, 6) is -1.19. The monoisotopic (exact) mass is 249 g/mol. The highest BCUT2D eigenvalue weighted by Gasteiger charge is 2.32. The molecule has 1 atom stereocenters. The average molecular weight is 249 g/mol. The van der Waals surface area contributed by atoms with Gasteiger partial charge in [0.1, 0.15) is 0 Å². The summed E-state index contributed by atoms with van der Waals surface area (Å²) in [7, 11) is 0. The lowest BCUT2D eigenvalue weighted by molar-refractivity contribution is -0.158. The first-order chi connectivity index (χ1) is 8.68. The zero-order valence-corrected chi connectivity index (χ0v) is 9.91. The largest absolute Gasteiger partial charge is 0.480 e. The van der Waals surface area contributed by atoms with Crippen LogP contribution in [-0.2, 0) is 20.7 Å². The van der Waals surface area contributed by atoms with Crippen LogP contribution in [0, 0.1) is 0 Å². The van der Waals surface area contributed by atoms with Crippen LogP contribution in [0.4, 0.5) is 0 Å².